The van der Waals surface area contributed by atoms with Crippen molar-refractivity contribution in [3.63, 3.8) is 0 Å². The minimum Gasteiger partial charge on any atom is -0.358 e. The van der Waals surface area contributed by atoms with Crippen LogP contribution in [0.15, 0.2) is 29.4 Å². The molecule has 0 unspecified atom stereocenters. The fraction of sp³-hybridized carbons (Fsp3) is 0.250. The van der Waals surface area contributed by atoms with Gasteiger partial charge in [-0.2, -0.15) is 4.68 Å². The molecule has 8 nitrogen and oxygen atoms in total. The summed E-state index contributed by atoms with van der Waals surface area (Å²) in [5.74, 6) is -0.0398. The van der Waals surface area contributed by atoms with Crippen LogP contribution in [0.3, 0.4) is 0 Å². The molecule has 1 aromatic heterocycles. The van der Waals surface area contributed by atoms with Crippen molar-refractivity contribution in [1.29, 1.82) is 0 Å². The van der Waals surface area contributed by atoms with Crippen molar-refractivity contribution >= 4 is 29.3 Å². The summed E-state index contributed by atoms with van der Waals surface area (Å²) in [6, 6.07) is 7.12. The van der Waals surface area contributed by atoms with Gasteiger partial charge in [-0.05, 0) is 28.6 Å². The van der Waals surface area contributed by atoms with E-state index in [1.54, 1.807) is 25.2 Å². The number of carbonyl (C=O) groups excluding carboxylic acids is 2. The number of thioether (sulfide) groups is 1. The number of nitrogens with one attached hydrogen (secondary N) is 2. The van der Waals surface area contributed by atoms with Gasteiger partial charge in [0.15, 0.2) is 0 Å². The standard InChI is InChI=1S/C12H14N6O2S/c1-8(19)14-9-4-3-5-10(6-9)18-12(15-16-17-18)21-7-11(20)13-2/h3-6H,7H2,1-2H3,(H,13,20)(H,14,19). The highest BCUT2D eigenvalue weighted by atomic mass is 32.2. The zero-order valence-corrected chi connectivity index (χ0v) is 12.3. The van der Waals surface area contributed by atoms with E-state index >= 15 is 0 Å². The molecule has 0 fully saturated rings. The lowest BCUT2D eigenvalue weighted by atomic mass is 10.3. The summed E-state index contributed by atoms with van der Waals surface area (Å²) in [5, 5.41) is 17.1. The fourth-order valence-corrected chi connectivity index (χ4v) is 2.31. The van der Waals surface area contributed by atoms with Gasteiger partial charge in [-0.15, -0.1) is 5.10 Å². The van der Waals surface area contributed by atoms with Gasteiger partial charge in [0.05, 0.1) is 11.4 Å². The average molecular weight is 306 g/mol. The highest BCUT2D eigenvalue weighted by Gasteiger charge is 2.11. The van der Waals surface area contributed by atoms with Crippen molar-refractivity contribution in [1.82, 2.24) is 25.5 Å². The molecular formula is C12H14N6O2S. The van der Waals surface area contributed by atoms with E-state index in [-0.39, 0.29) is 17.6 Å². The van der Waals surface area contributed by atoms with E-state index in [1.165, 1.54) is 23.4 Å². The predicted octanol–water partition coefficient (Wildman–Crippen LogP) is 0.459. The van der Waals surface area contributed by atoms with Gasteiger partial charge in [0, 0.05) is 19.7 Å². The average Bonchev–Trinajstić information content (AvgIpc) is 2.92. The summed E-state index contributed by atoms with van der Waals surface area (Å²) in [5.41, 5.74) is 1.35. The normalized spacial score (nSPS) is 10.2. The maximum atomic E-state index is 11.3. The first-order chi connectivity index (χ1) is 10.1. The van der Waals surface area contributed by atoms with E-state index in [9.17, 15) is 9.59 Å². The minimum absolute atomic E-state index is 0.110. The molecule has 0 radical (unpaired) electrons. The number of hydrogen-bond donors (Lipinski definition) is 2. The predicted molar refractivity (Wildman–Crippen MR) is 78.2 cm³/mol. The van der Waals surface area contributed by atoms with Crippen molar-refractivity contribution < 1.29 is 9.59 Å². The van der Waals surface area contributed by atoms with E-state index in [2.05, 4.69) is 26.2 Å². The van der Waals surface area contributed by atoms with E-state index in [4.69, 9.17) is 0 Å². The molecule has 2 amide bonds. The van der Waals surface area contributed by atoms with Crippen LogP contribution in [0.1, 0.15) is 6.92 Å². The third kappa shape index (κ3) is 4.02. The van der Waals surface area contributed by atoms with Crippen LogP contribution < -0.4 is 10.6 Å². The van der Waals surface area contributed by atoms with Gasteiger partial charge in [0.2, 0.25) is 17.0 Å². The van der Waals surface area contributed by atoms with Gasteiger partial charge in [0.25, 0.3) is 0 Å². The van der Waals surface area contributed by atoms with Gasteiger partial charge in [-0.1, -0.05) is 17.8 Å². The summed E-state index contributed by atoms with van der Waals surface area (Å²) >= 11 is 1.23. The summed E-state index contributed by atoms with van der Waals surface area (Å²) in [4.78, 5) is 22.4. The molecule has 2 rings (SSSR count). The topological polar surface area (TPSA) is 102 Å². The third-order valence-corrected chi connectivity index (χ3v) is 3.38. The largest absolute Gasteiger partial charge is 0.358 e. The van der Waals surface area contributed by atoms with Crippen LogP contribution in [0, 0.1) is 0 Å². The Balaban J connectivity index is 2.20. The van der Waals surface area contributed by atoms with Gasteiger partial charge in [0.1, 0.15) is 0 Å². The maximum Gasteiger partial charge on any atom is 0.230 e. The van der Waals surface area contributed by atoms with Gasteiger partial charge in [-0.3, -0.25) is 9.59 Å². The Morgan fingerprint density at radius 2 is 2.19 bits per heavy atom. The number of benzene rings is 1. The van der Waals surface area contributed by atoms with Gasteiger partial charge < -0.3 is 10.6 Å². The van der Waals surface area contributed by atoms with Crippen molar-refractivity contribution in [3.05, 3.63) is 24.3 Å². The van der Waals surface area contributed by atoms with Crippen molar-refractivity contribution in [2.45, 2.75) is 12.1 Å². The number of nitrogens with zero attached hydrogens (tertiary/aromatic N) is 4. The molecule has 1 heterocycles. The number of tetrazole rings is 1. The number of hydrogen-bond acceptors (Lipinski definition) is 6. The van der Waals surface area contributed by atoms with Crippen LogP contribution in [-0.2, 0) is 9.59 Å². The molecule has 9 heteroatoms. The van der Waals surface area contributed by atoms with Crippen LogP contribution in [-0.4, -0.2) is 44.8 Å². The molecule has 0 saturated carbocycles. The lowest BCUT2D eigenvalue weighted by Gasteiger charge is -2.07. The van der Waals surface area contributed by atoms with Crippen molar-refractivity contribution in [2.24, 2.45) is 0 Å². The molecule has 0 bridgehead atoms. The summed E-state index contributed by atoms with van der Waals surface area (Å²) in [6.07, 6.45) is 0. The lowest BCUT2D eigenvalue weighted by molar-refractivity contribution is -0.118. The number of aromatic nitrogens is 4. The number of carbonyl (C=O) groups is 2. The second kappa shape index (κ2) is 6.84. The Kier molecular flexibility index (Phi) is 4.88. The summed E-state index contributed by atoms with van der Waals surface area (Å²) in [7, 11) is 1.57. The van der Waals surface area contributed by atoms with Crippen LogP contribution in [0.4, 0.5) is 5.69 Å². The Morgan fingerprint density at radius 3 is 2.90 bits per heavy atom. The zero-order valence-electron chi connectivity index (χ0n) is 11.5. The first-order valence-electron chi connectivity index (χ1n) is 6.10. The van der Waals surface area contributed by atoms with Gasteiger partial charge >= 0.3 is 0 Å². The summed E-state index contributed by atoms with van der Waals surface area (Å²) < 4.78 is 1.51. The lowest BCUT2D eigenvalue weighted by Crippen LogP contribution is -2.20. The quantitative estimate of drug-likeness (QED) is 0.778. The third-order valence-electron chi connectivity index (χ3n) is 2.46. The molecule has 0 atom stereocenters. The molecule has 1 aromatic carbocycles. The van der Waals surface area contributed by atoms with E-state index in [0.29, 0.717) is 16.5 Å². The molecular weight excluding hydrogens is 292 g/mol. The molecule has 0 aliphatic carbocycles. The molecule has 0 spiro atoms. The van der Waals surface area contributed by atoms with Crippen molar-refractivity contribution in [3.8, 4) is 5.69 Å². The Hall–Kier alpha value is -2.42. The monoisotopic (exact) mass is 306 g/mol. The molecule has 2 aromatic rings. The van der Waals surface area contributed by atoms with Crippen molar-refractivity contribution in [2.75, 3.05) is 18.1 Å². The number of amides is 2. The Morgan fingerprint density at radius 1 is 1.38 bits per heavy atom. The fourth-order valence-electron chi connectivity index (χ4n) is 1.55. The number of anilines is 1. The van der Waals surface area contributed by atoms with E-state index in [0.717, 1.165) is 0 Å². The maximum absolute atomic E-state index is 11.3. The molecule has 110 valence electrons. The van der Waals surface area contributed by atoms with E-state index in [1.807, 2.05) is 6.07 Å². The Bertz CT molecular complexity index is 657. The smallest absolute Gasteiger partial charge is 0.230 e. The molecule has 2 N–H and O–H groups in total. The summed E-state index contributed by atoms with van der Waals surface area (Å²) in [6.45, 7) is 1.44. The zero-order chi connectivity index (χ0) is 15.2. The highest BCUT2D eigenvalue weighted by Crippen LogP contribution is 2.20. The Labute approximate surface area is 125 Å². The molecule has 0 saturated heterocycles. The van der Waals surface area contributed by atoms with Crippen LogP contribution in [0.2, 0.25) is 0 Å². The van der Waals surface area contributed by atoms with E-state index < -0.39 is 0 Å². The molecule has 0 aliphatic heterocycles. The second-order valence-electron chi connectivity index (χ2n) is 4.07. The van der Waals surface area contributed by atoms with Crippen LogP contribution >= 0.6 is 11.8 Å². The highest BCUT2D eigenvalue weighted by molar-refractivity contribution is 7.99. The van der Waals surface area contributed by atoms with Gasteiger partial charge in [-0.25, -0.2) is 0 Å². The number of rotatable bonds is 5. The van der Waals surface area contributed by atoms with Crippen LogP contribution in [0.5, 0.6) is 0 Å². The first kappa shape index (κ1) is 15.0. The first-order valence-corrected chi connectivity index (χ1v) is 7.08. The second-order valence-corrected chi connectivity index (χ2v) is 5.01. The molecule has 21 heavy (non-hydrogen) atoms. The SMILES string of the molecule is CNC(=O)CSc1nnnn1-c1cccc(NC(C)=O)c1. The van der Waals surface area contributed by atoms with Crippen LogP contribution in [0.25, 0.3) is 5.69 Å². The minimum atomic E-state index is -0.155. The molecule has 0 aliphatic rings.